The highest BCUT2D eigenvalue weighted by molar-refractivity contribution is 5.45. The number of β-amino-alcohol motifs (C(OH)–C–C–N with tert-alkyl or cyclic N) is 1. The summed E-state index contributed by atoms with van der Waals surface area (Å²) in [7, 11) is 0. The van der Waals surface area contributed by atoms with Crippen molar-refractivity contribution in [2.24, 2.45) is 0 Å². The van der Waals surface area contributed by atoms with E-state index in [0.717, 1.165) is 51.3 Å². The van der Waals surface area contributed by atoms with E-state index >= 15 is 0 Å². The Bertz CT molecular complexity index is 496. The Kier molecular flexibility index (Phi) is 6.60. The minimum atomic E-state index is -0.385. The van der Waals surface area contributed by atoms with Crippen molar-refractivity contribution < 1.29 is 10.2 Å². The van der Waals surface area contributed by atoms with Crippen LogP contribution in [-0.2, 0) is 0 Å². The van der Waals surface area contributed by atoms with Crippen LogP contribution in [0.3, 0.4) is 0 Å². The van der Waals surface area contributed by atoms with Gasteiger partial charge in [0, 0.05) is 39.3 Å². The number of piperazine rings is 1. The van der Waals surface area contributed by atoms with E-state index < -0.39 is 0 Å². The zero-order chi connectivity index (χ0) is 17.0. The van der Waals surface area contributed by atoms with Crippen molar-refractivity contribution in [2.45, 2.75) is 40.2 Å². The number of rotatable bonds is 6. The van der Waals surface area contributed by atoms with Crippen molar-refractivity contribution in [2.75, 3.05) is 45.9 Å². The van der Waals surface area contributed by atoms with Crippen LogP contribution in [0.5, 0.6) is 0 Å². The van der Waals surface area contributed by atoms with Gasteiger partial charge in [-0.1, -0.05) is 6.07 Å². The van der Waals surface area contributed by atoms with E-state index in [1.165, 1.54) is 22.3 Å². The Morgan fingerprint density at radius 2 is 1.39 bits per heavy atom. The van der Waals surface area contributed by atoms with Crippen LogP contribution < -0.4 is 0 Å². The summed E-state index contributed by atoms with van der Waals surface area (Å²) in [5, 5.41) is 19.7. The SMILES string of the molecule is Cc1cc(C)c(C)c(C(O)CCN2CCN(CCO)CC2)c1C. The first-order valence-electron chi connectivity index (χ1n) is 8.75. The Hall–Kier alpha value is -0.940. The Labute approximate surface area is 140 Å². The lowest BCUT2D eigenvalue weighted by Crippen LogP contribution is -2.47. The van der Waals surface area contributed by atoms with Gasteiger partial charge in [0.25, 0.3) is 0 Å². The van der Waals surface area contributed by atoms with Crippen molar-refractivity contribution in [1.29, 1.82) is 0 Å². The van der Waals surface area contributed by atoms with Crippen LogP contribution in [0.15, 0.2) is 6.07 Å². The van der Waals surface area contributed by atoms with Gasteiger partial charge in [-0.05, 0) is 61.9 Å². The molecule has 4 heteroatoms. The molecule has 2 N–H and O–H groups in total. The topological polar surface area (TPSA) is 46.9 Å². The molecule has 4 nitrogen and oxygen atoms in total. The lowest BCUT2D eigenvalue weighted by molar-refractivity contribution is 0.0920. The van der Waals surface area contributed by atoms with Gasteiger partial charge in [0.15, 0.2) is 0 Å². The molecule has 1 aliphatic heterocycles. The average Bonchev–Trinajstić information content (AvgIpc) is 2.53. The summed E-state index contributed by atoms with van der Waals surface area (Å²) in [5.41, 5.74) is 6.11. The molecule has 1 aromatic carbocycles. The van der Waals surface area contributed by atoms with Gasteiger partial charge >= 0.3 is 0 Å². The first-order chi connectivity index (χ1) is 10.9. The highest BCUT2D eigenvalue weighted by Crippen LogP contribution is 2.29. The van der Waals surface area contributed by atoms with E-state index in [1.54, 1.807) is 0 Å². The molecule has 0 bridgehead atoms. The second-order valence-electron chi connectivity index (χ2n) is 6.89. The molecule has 1 aliphatic rings. The zero-order valence-corrected chi connectivity index (χ0v) is 15.1. The molecular weight excluding hydrogens is 288 g/mol. The molecule has 1 heterocycles. The number of hydrogen-bond acceptors (Lipinski definition) is 4. The Balaban J connectivity index is 1.92. The molecule has 0 aromatic heterocycles. The summed E-state index contributed by atoms with van der Waals surface area (Å²) in [6, 6.07) is 2.21. The van der Waals surface area contributed by atoms with Crippen LogP contribution in [-0.4, -0.2) is 65.9 Å². The van der Waals surface area contributed by atoms with E-state index in [1.807, 2.05) is 0 Å². The third-order valence-electron chi connectivity index (χ3n) is 5.36. The van der Waals surface area contributed by atoms with Crippen LogP contribution in [0.25, 0.3) is 0 Å². The van der Waals surface area contributed by atoms with Gasteiger partial charge < -0.3 is 15.1 Å². The first-order valence-corrected chi connectivity index (χ1v) is 8.75. The van der Waals surface area contributed by atoms with Gasteiger partial charge in [-0.25, -0.2) is 0 Å². The Morgan fingerprint density at radius 3 is 1.87 bits per heavy atom. The molecule has 2 rings (SSSR count). The minimum Gasteiger partial charge on any atom is -0.395 e. The fraction of sp³-hybridized carbons (Fsp3) is 0.684. The Morgan fingerprint density at radius 1 is 0.913 bits per heavy atom. The lowest BCUT2D eigenvalue weighted by Gasteiger charge is -2.34. The predicted octanol–water partition coefficient (Wildman–Crippen LogP) is 1.95. The highest BCUT2D eigenvalue weighted by atomic mass is 16.3. The largest absolute Gasteiger partial charge is 0.395 e. The normalized spacial score (nSPS) is 18.3. The number of aliphatic hydroxyl groups excluding tert-OH is 2. The number of nitrogens with zero attached hydrogens (tertiary/aromatic N) is 2. The molecule has 130 valence electrons. The van der Waals surface area contributed by atoms with E-state index in [4.69, 9.17) is 5.11 Å². The van der Waals surface area contributed by atoms with Crippen molar-refractivity contribution in [3.8, 4) is 0 Å². The summed E-state index contributed by atoms with van der Waals surface area (Å²) in [5.74, 6) is 0. The quantitative estimate of drug-likeness (QED) is 0.841. The molecule has 0 saturated carbocycles. The van der Waals surface area contributed by atoms with Crippen molar-refractivity contribution >= 4 is 0 Å². The van der Waals surface area contributed by atoms with Gasteiger partial charge in [-0.3, -0.25) is 4.90 Å². The predicted molar refractivity (Wildman–Crippen MR) is 94.9 cm³/mol. The summed E-state index contributed by atoms with van der Waals surface area (Å²) in [6.45, 7) is 14.5. The molecule has 1 aromatic rings. The lowest BCUT2D eigenvalue weighted by atomic mass is 9.90. The minimum absolute atomic E-state index is 0.240. The van der Waals surface area contributed by atoms with Gasteiger partial charge in [-0.15, -0.1) is 0 Å². The van der Waals surface area contributed by atoms with E-state index in [-0.39, 0.29) is 12.7 Å². The zero-order valence-electron chi connectivity index (χ0n) is 15.1. The smallest absolute Gasteiger partial charge is 0.0807 e. The maximum absolute atomic E-state index is 10.7. The number of hydrogen-bond donors (Lipinski definition) is 2. The van der Waals surface area contributed by atoms with Crippen LogP contribution in [0.2, 0.25) is 0 Å². The third kappa shape index (κ3) is 4.54. The van der Waals surface area contributed by atoms with Gasteiger partial charge in [0.1, 0.15) is 0 Å². The van der Waals surface area contributed by atoms with Crippen LogP contribution >= 0.6 is 0 Å². The van der Waals surface area contributed by atoms with Crippen molar-refractivity contribution in [1.82, 2.24) is 9.80 Å². The molecular formula is C19H32N2O2. The molecule has 0 spiro atoms. The highest BCUT2D eigenvalue weighted by Gasteiger charge is 2.20. The van der Waals surface area contributed by atoms with Crippen LogP contribution in [0.1, 0.15) is 40.3 Å². The van der Waals surface area contributed by atoms with Crippen molar-refractivity contribution in [3.63, 3.8) is 0 Å². The van der Waals surface area contributed by atoms with Crippen LogP contribution in [0, 0.1) is 27.7 Å². The standard InChI is InChI=1S/C19H32N2O2/c1-14-13-15(2)17(4)19(16(14)3)18(23)5-6-20-7-9-21(10-8-20)11-12-22/h13,18,22-23H,5-12H2,1-4H3. The number of aliphatic hydroxyl groups is 2. The second kappa shape index (κ2) is 8.25. The molecule has 0 aliphatic carbocycles. The molecule has 1 saturated heterocycles. The molecule has 1 fully saturated rings. The summed E-state index contributed by atoms with van der Waals surface area (Å²) < 4.78 is 0. The maximum Gasteiger partial charge on any atom is 0.0807 e. The van der Waals surface area contributed by atoms with Gasteiger partial charge in [-0.2, -0.15) is 0 Å². The van der Waals surface area contributed by atoms with Gasteiger partial charge in [0.2, 0.25) is 0 Å². The fourth-order valence-corrected chi connectivity index (χ4v) is 3.57. The second-order valence-corrected chi connectivity index (χ2v) is 6.89. The summed E-state index contributed by atoms with van der Waals surface area (Å²) in [4.78, 5) is 4.72. The maximum atomic E-state index is 10.7. The van der Waals surface area contributed by atoms with Crippen molar-refractivity contribution in [3.05, 3.63) is 33.9 Å². The molecule has 1 atom stereocenters. The van der Waals surface area contributed by atoms with E-state index in [9.17, 15) is 5.11 Å². The van der Waals surface area contributed by atoms with E-state index in [0.29, 0.717) is 0 Å². The van der Waals surface area contributed by atoms with Gasteiger partial charge in [0.05, 0.1) is 12.7 Å². The molecule has 0 radical (unpaired) electrons. The monoisotopic (exact) mass is 320 g/mol. The van der Waals surface area contributed by atoms with E-state index in [2.05, 4.69) is 43.6 Å². The average molecular weight is 320 g/mol. The van der Waals surface area contributed by atoms with Crippen LogP contribution in [0.4, 0.5) is 0 Å². The summed E-state index contributed by atoms with van der Waals surface area (Å²) >= 11 is 0. The first kappa shape index (κ1) is 18.4. The molecule has 23 heavy (non-hydrogen) atoms. The third-order valence-corrected chi connectivity index (χ3v) is 5.36. The molecule has 0 amide bonds. The number of aryl methyl sites for hydroxylation is 2. The summed E-state index contributed by atoms with van der Waals surface area (Å²) in [6.07, 6.45) is 0.397. The fourth-order valence-electron chi connectivity index (χ4n) is 3.57. The number of benzene rings is 1. The molecule has 1 unspecified atom stereocenters.